The van der Waals surface area contributed by atoms with Gasteiger partial charge in [-0.3, -0.25) is 0 Å². The molecule has 64 valence electrons. The Bertz CT molecular complexity index is 310. The van der Waals surface area contributed by atoms with Crippen molar-refractivity contribution in [3.63, 3.8) is 0 Å². The molecule has 0 saturated heterocycles. The first kappa shape index (κ1) is 7.40. The highest BCUT2D eigenvalue weighted by Crippen LogP contribution is 2.33. The van der Waals surface area contributed by atoms with Crippen LogP contribution in [0.4, 0.5) is 4.39 Å². The molecule has 0 N–H and O–H groups in total. The highest BCUT2D eigenvalue weighted by Gasteiger charge is 2.14. The SMILES string of the molecule is Cc1cc(F)cc2c1OCCO2. The summed E-state index contributed by atoms with van der Waals surface area (Å²) < 4.78 is 23.4. The van der Waals surface area contributed by atoms with Crippen LogP contribution in [0.5, 0.6) is 11.5 Å². The second-order valence-corrected chi connectivity index (χ2v) is 2.75. The van der Waals surface area contributed by atoms with Crippen LogP contribution in [0.15, 0.2) is 12.1 Å². The van der Waals surface area contributed by atoms with E-state index in [1.807, 2.05) is 0 Å². The monoisotopic (exact) mass is 168 g/mol. The van der Waals surface area contributed by atoms with Crippen molar-refractivity contribution in [3.05, 3.63) is 23.5 Å². The zero-order valence-corrected chi connectivity index (χ0v) is 6.76. The van der Waals surface area contributed by atoms with Gasteiger partial charge in [-0.2, -0.15) is 0 Å². The molecule has 0 aromatic heterocycles. The first-order valence-corrected chi connectivity index (χ1v) is 3.83. The van der Waals surface area contributed by atoms with Crippen molar-refractivity contribution < 1.29 is 13.9 Å². The first-order chi connectivity index (χ1) is 5.77. The van der Waals surface area contributed by atoms with E-state index in [9.17, 15) is 4.39 Å². The van der Waals surface area contributed by atoms with Gasteiger partial charge in [0.05, 0.1) is 0 Å². The number of halogens is 1. The molecule has 3 heteroatoms. The van der Waals surface area contributed by atoms with E-state index in [1.54, 1.807) is 6.92 Å². The van der Waals surface area contributed by atoms with Crippen molar-refractivity contribution in [2.24, 2.45) is 0 Å². The highest BCUT2D eigenvalue weighted by molar-refractivity contribution is 5.47. The molecule has 1 aromatic rings. The van der Waals surface area contributed by atoms with Crippen molar-refractivity contribution >= 4 is 0 Å². The number of hydrogen-bond donors (Lipinski definition) is 0. The lowest BCUT2D eigenvalue weighted by Gasteiger charge is -2.19. The Balaban J connectivity index is 2.53. The summed E-state index contributed by atoms with van der Waals surface area (Å²) in [6, 6.07) is 2.79. The van der Waals surface area contributed by atoms with Gasteiger partial charge in [0.1, 0.15) is 19.0 Å². The lowest BCUT2D eigenvalue weighted by atomic mass is 10.2. The van der Waals surface area contributed by atoms with Crippen LogP contribution in [0.1, 0.15) is 5.56 Å². The second-order valence-electron chi connectivity index (χ2n) is 2.75. The van der Waals surface area contributed by atoms with Crippen LogP contribution >= 0.6 is 0 Å². The Hall–Kier alpha value is -1.25. The van der Waals surface area contributed by atoms with Gasteiger partial charge in [0.2, 0.25) is 0 Å². The van der Waals surface area contributed by atoms with Crippen LogP contribution in [-0.2, 0) is 0 Å². The van der Waals surface area contributed by atoms with Crippen molar-refractivity contribution in [1.29, 1.82) is 0 Å². The normalized spacial score (nSPS) is 14.5. The predicted molar refractivity (Wildman–Crippen MR) is 42.1 cm³/mol. The van der Waals surface area contributed by atoms with E-state index in [-0.39, 0.29) is 5.82 Å². The van der Waals surface area contributed by atoms with E-state index < -0.39 is 0 Å². The second kappa shape index (κ2) is 2.66. The molecule has 0 unspecified atom stereocenters. The molecule has 0 radical (unpaired) electrons. The minimum Gasteiger partial charge on any atom is -0.486 e. The van der Waals surface area contributed by atoms with E-state index >= 15 is 0 Å². The molecule has 12 heavy (non-hydrogen) atoms. The quantitative estimate of drug-likeness (QED) is 0.589. The molecular formula is C9H9FO2. The maximum absolute atomic E-state index is 12.8. The fourth-order valence-electron chi connectivity index (χ4n) is 1.29. The summed E-state index contributed by atoms with van der Waals surface area (Å²) in [7, 11) is 0. The standard InChI is InChI=1S/C9H9FO2/c1-6-4-7(10)5-8-9(6)12-3-2-11-8/h4-5H,2-3H2,1H3. The summed E-state index contributed by atoms with van der Waals surface area (Å²) in [5.74, 6) is 0.901. The summed E-state index contributed by atoms with van der Waals surface area (Å²) in [5, 5.41) is 0. The zero-order chi connectivity index (χ0) is 8.55. The van der Waals surface area contributed by atoms with Gasteiger partial charge in [-0.25, -0.2) is 4.39 Å². The van der Waals surface area contributed by atoms with Gasteiger partial charge in [0.15, 0.2) is 11.5 Å². The molecule has 0 spiro atoms. The molecule has 1 heterocycles. The van der Waals surface area contributed by atoms with Gasteiger partial charge in [-0.05, 0) is 18.6 Å². The summed E-state index contributed by atoms with van der Waals surface area (Å²) in [4.78, 5) is 0. The fraction of sp³-hybridized carbons (Fsp3) is 0.333. The number of hydrogen-bond acceptors (Lipinski definition) is 2. The maximum atomic E-state index is 12.8. The van der Waals surface area contributed by atoms with Gasteiger partial charge in [0, 0.05) is 6.07 Å². The van der Waals surface area contributed by atoms with Crippen LogP contribution in [0.3, 0.4) is 0 Å². The van der Waals surface area contributed by atoms with E-state index in [4.69, 9.17) is 9.47 Å². The van der Waals surface area contributed by atoms with E-state index in [2.05, 4.69) is 0 Å². The minimum absolute atomic E-state index is 0.281. The van der Waals surface area contributed by atoms with Crippen molar-refractivity contribution in [2.45, 2.75) is 6.92 Å². The summed E-state index contributed by atoms with van der Waals surface area (Å²) >= 11 is 0. The van der Waals surface area contributed by atoms with Gasteiger partial charge in [-0.15, -0.1) is 0 Å². The van der Waals surface area contributed by atoms with E-state index in [0.717, 1.165) is 5.56 Å². The number of aryl methyl sites for hydroxylation is 1. The Kier molecular flexibility index (Phi) is 1.64. The molecular weight excluding hydrogens is 159 g/mol. The Morgan fingerprint density at radius 2 is 2.00 bits per heavy atom. The number of ether oxygens (including phenoxy) is 2. The molecule has 2 nitrogen and oxygen atoms in total. The lowest BCUT2D eigenvalue weighted by Crippen LogP contribution is -2.16. The van der Waals surface area contributed by atoms with Crippen molar-refractivity contribution in [3.8, 4) is 11.5 Å². The average molecular weight is 168 g/mol. The molecule has 0 aliphatic carbocycles. The van der Waals surface area contributed by atoms with Gasteiger partial charge in [-0.1, -0.05) is 0 Å². The molecule has 1 aliphatic rings. The Labute approximate surface area is 69.9 Å². The summed E-state index contributed by atoms with van der Waals surface area (Å²) in [6.45, 7) is 2.84. The molecule has 1 aliphatic heterocycles. The highest BCUT2D eigenvalue weighted by atomic mass is 19.1. The maximum Gasteiger partial charge on any atom is 0.164 e. The Morgan fingerprint density at radius 1 is 1.25 bits per heavy atom. The van der Waals surface area contributed by atoms with Gasteiger partial charge < -0.3 is 9.47 Å². The van der Waals surface area contributed by atoms with Gasteiger partial charge >= 0.3 is 0 Å². The third-order valence-corrected chi connectivity index (χ3v) is 1.79. The van der Waals surface area contributed by atoms with E-state index in [0.29, 0.717) is 24.7 Å². The number of fused-ring (bicyclic) bond motifs is 1. The largest absolute Gasteiger partial charge is 0.486 e. The molecule has 1 aromatic carbocycles. The van der Waals surface area contributed by atoms with Crippen molar-refractivity contribution in [2.75, 3.05) is 13.2 Å². The molecule has 0 saturated carbocycles. The van der Waals surface area contributed by atoms with Crippen LogP contribution in [0.2, 0.25) is 0 Å². The van der Waals surface area contributed by atoms with Crippen LogP contribution in [0, 0.1) is 12.7 Å². The first-order valence-electron chi connectivity index (χ1n) is 3.83. The fourth-order valence-corrected chi connectivity index (χ4v) is 1.29. The molecule has 0 amide bonds. The molecule has 0 atom stereocenters. The minimum atomic E-state index is -0.281. The Morgan fingerprint density at radius 3 is 2.83 bits per heavy atom. The van der Waals surface area contributed by atoms with Crippen molar-refractivity contribution in [1.82, 2.24) is 0 Å². The molecule has 2 rings (SSSR count). The number of benzene rings is 1. The predicted octanol–water partition coefficient (Wildman–Crippen LogP) is 1.91. The summed E-state index contributed by atoms with van der Waals surface area (Å²) in [5.41, 5.74) is 0.782. The zero-order valence-electron chi connectivity index (χ0n) is 6.76. The van der Waals surface area contributed by atoms with Crippen LogP contribution in [-0.4, -0.2) is 13.2 Å². The topological polar surface area (TPSA) is 18.5 Å². The van der Waals surface area contributed by atoms with Crippen LogP contribution in [0.25, 0.3) is 0 Å². The molecule has 0 bridgehead atoms. The van der Waals surface area contributed by atoms with E-state index in [1.165, 1.54) is 12.1 Å². The summed E-state index contributed by atoms with van der Waals surface area (Å²) in [6.07, 6.45) is 0. The third-order valence-electron chi connectivity index (χ3n) is 1.79. The average Bonchev–Trinajstić information content (AvgIpc) is 2.04. The van der Waals surface area contributed by atoms with Gasteiger partial charge in [0.25, 0.3) is 0 Å². The smallest absolute Gasteiger partial charge is 0.164 e. The number of rotatable bonds is 0. The molecule has 0 fully saturated rings. The third kappa shape index (κ3) is 1.11. The lowest BCUT2D eigenvalue weighted by molar-refractivity contribution is 0.169. The van der Waals surface area contributed by atoms with Crippen LogP contribution < -0.4 is 9.47 Å².